The van der Waals surface area contributed by atoms with E-state index in [1.165, 1.54) is 25.7 Å². The predicted molar refractivity (Wildman–Crippen MR) is 106 cm³/mol. The van der Waals surface area contributed by atoms with Gasteiger partial charge in [0, 0.05) is 24.7 Å². The number of hydrogen-bond donors (Lipinski definition) is 1. The normalized spacial score (nSPS) is 23.2. The molecule has 0 atom stereocenters. The molecule has 3 fully saturated rings. The second-order valence-corrected chi connectivity index (χ2v) is 8.67. The summed E-state index contributed by atoms with van der Waals surface area (Å²) in [5.74, 6) is 1.30. The molecule has 0 radical (unpaired) electrons. The van der Waals surface area contributed by atoms with E-state index in [0.717, 1.165) is 44.8 Å². The van der Waals surface area contributed by atoms with Gasteiger partial charge in [0.25, 0.3) is 5.91 Å². The number of nitrogens with zero attached hydrogens (tertiary/aromatic N) is 1. The van der Waals surface area contributed by atoms with E-state index in [0.29, 0.717) is 17.1 Å². The minimum absolute atomic E-state index is 0.0515. The van der Waals surface area contributed by atoms with Crippen LogP contribution in [0, 0.1) is 0 Å². The average Bonchev–Trinajstić information content (AvgIpc) is 3.17. The smallest absolute Gasteiger partial charge is 0.255 e. The van der Waals surface area contributed by atoms with Gasteiger partial charge in [0.15, 0.2) is 0 Å². The lowest BCUT2D eigenvalue weighted by Crippen LogP contribution is -2.43. The zero-order valence-corrected chi connectivity index (χ0v) is 16.6. The summed E-state index contributed by atoms with van der Waals surface area (Å²) in [6, 6.07) is 6.34. The number of rotatable bonds is 6. The first-order chi connectivity index (χ1) is 13.1. The fraction of sp³-hybridized carbons (Fsp3) is 0.682. The third-order valence-corrected chi connectivity index (χ3v) is 6.46. The number of methoxy groups -OCH3 is 1. The second-order valence-electron chi connectivity index (χ2n) is 8.67. The second kappa shape index (κ2) is 7.70. The van der Waals surface area contributed by atoms with Crippen molar-refractivity contribution in [2.45, 2.75) is 76.0 Å². The van der Waals surface area contributed by atoms with Gasteiger partial charge in [0.2, 0.25) is 0 Å². The molecule has 148 valence electrons. The monoisotopic (exact) mass is 372 g/mol. The van der Waals surface area contributed by atoms with Crippen molar-refractivity contribution in [2.75, 3.05) is 20.2 Å². The molecule has 1 aliphatic heterocycles. The van der Waals surface area contributed by atoms with Crippen LogP contribution in [0.25, 0.3) is 0 Å². The van der Waals surface area contributed by atoms with Crippen LogP contribution < -0.4 is 14.8 Å². The van der Waals surface area contributed by atoms with Crippen molar-refractivity contribution in [1.29, 1.82) is 0 Å². The lowest BCUT2D eigenvalue weighted by atomic mass is 10.0. The molecule has 1 aromatic rings. The molecule has 0 aromatic heterocycles. The van der Waals surface area contributed by atoms with Crippen LogP contribution in [-0.2, 0) is 0 Å². The maximum absolute atomic E-state index is 12.8. The number of carbonyl (C=O) groups excluding carboxylic acids is 1. The van der Waals surface area contributed by atoms with Crippen LogP contribution in [0.4, 0.5) is 0 Å². The van der Waals surface area contributed by atoms with Gasteiger partial charge in [0.1, 0.15) is 17.6 Å². The number of hydrogen-bond acceptors (Lipinski definition) is 4. The Kier molecular flexibility index (Phi) is 5.31. The highest BCUT2D eigenvalue weighted by Crippen LogP contribution is 2.36. The Morgan fingerprint density at radius 3 is 2.48 bits per heavy atom. The van der Waals surface area contributed by atoms with Crippen molar-refractivity contribution in [1.82, 2.24) is 10.2 Å². The van der Waals surface area contributed by atoms with Gasteiger partial charge in [-0.25, -0.2) is 0 Å². The van der Waals surface area contributed by atoms with E-state index in [-0.39, 0.29) is 17.6 Å². The molecule has 4 rings (SSSR count). The Hall–Kier alpha value is -1.75. The largest absolute Gasteiger partial charge is 0.497 e. The molecule has 0 unspecified atom stereocenters. The Morgan fingerprint density at radius 2 is 1.85 bits per heavy atom. The van der Waals surface area contributed by atoms with Crippen LogP contribution in [0.3, 0.4) is 0 Å². The molecule has 1 N–H and O–H groups in total. The summed E-state index contributed by atoms with van der Waals surface area (Å²) in [5, 5.41) is 3.14. The van der Waals surface area contributed by atoms with E-state index in [1.807, 2.05) is 12.1 Å². The van der Waals surface area contributed by atoms with Crippen molar-refractivity contribution in [3.63, 3.8) is 0 Å². The van der Waals surface area contributed by atoms with E-state index in [2.05, 4.69) is 17.1 Å². The maximum Gasteiger partial charge on any atom is 0.255 e. The van der Waals surface area contributed by atoms with Gasteiger partial charge >= 0.3 is 0 Å². The Balaban J connectivity index is 1.41. The van der Waals surface area contributed by atoms with E-state index in [4.69, 9.17) is 9.47 Å². The summed E-state index contributed by atoms with van der Waals surface area (Å²) in [5.41, 5.74) is 0.532. The number of carbonyl (C=O) groups is 1. The molecule has 27 heavy (non-hydrogen) atoms. The first-order valence-electron chi connectivity index (χ1n) is 10.5. The van der Waals surface area contributed by atoms with Crippen molar-refractivity contribution < 1.29 is 14.3 Å². The summed E-state index contributed by atoms with van der Waals surface area (Å²) in [6.07, 6.45) is 9.79. The molecule has 1 amide bonds. The average molecular weight is 373 g/mol. The number of amides is 1. The maximum atomic E-state index is 12.8. The molecule has 5 nitrogen and oxygen atoms in total. The number of piperidine rings is 1. The third kappa shape index (κ3) is 4.40. The topological polar surface area (TPSA) is 50.8 Å². The third-order valence-electron chi connectivity index (χ3n) is 6.46. The Labute approximate surface area is 162 Å². The number of nitrogens with one attached hydrogen (secondary N) is 1. The molecule has 1 saturated heterocycles. The molecule has 1 aromatic carbocycles. The predicted octanol–water partition coefficient (Wildman–Crippen LogP) is 3.76. The van der Waals surface area contributed by atoms with Crippen molar-refractivity contribution in [3.8, 4) is 11.5 Å². The fourth-order valence-corrected chi connectivity index (χ4v) is 4.38. The molecule has 5 heteroatoms. The van der Waals surface area contributed by atoms with E-state index in [1.54, 1.807) is 13.2 Å². The SMILES string of the molecule is COc1ccc(OC2CCN(C3CCCC3)CC2)c(C(=O)NC2(C)CC2)c1. The number of ether oxygens (including phenoxy) is 2. The Bertz CT molecular complexity index is 672. The summed E-state index contributed by atoms with van der Waals surface area (Å²) in [7, 11) is 1.62. The zero-order valence-electron chi connectivity index (χ0n) is 16.6. The minimum Gasteiger partial charge on any atom is -0.497 e. The van der Waals surface area contributed by atoms with E-state index < -0.39 is 0 Å². The van der Waals surface area contributed by atoms with Gasteiger partial charge in [0.05, 0.1) is 12.7 Å². The molecule has 3 aliphatic rings. The highest BCUT2D eigenvalue weighted by molar-refractivity contribution is 5.98. The summed E-state index contributed by atoms with van der Waals surface area (Å²) in [4.78, 5) is 15.4. The highest BCUT2D eigenvalue weighted by Gasteiger charge is 2.39. The molecule has 2 aliphatic carbocycles. The van der Waals surface area contributed by atoms with E-state index in [9.17, 15) is 4.79 Å². The summed E-state index contributed by atoms with van der Waals surface area (Å²) < 4.78 is 11.6. The lowest BCUT2D eigenvalue weighted by Gasteiger charge is -2.36. The molecule has 1 heterocycles. The highest BCUT2D eigenvalue weighted by atomic mass is 16.5. The first kappa shape index (κ1) is 18.6. The number of likely N-dealkylation sites (tertiary alicyclic amines) is 1. The van der Waals surface area contributed by atoms with Gasteiger partial charge < -0.3 is 19.7 Å². The van der Waals surface area contributed by atoms with Crippen molar-refractivity contribution in [2.24, 2.45) is 0 Å². The van der Waals surface area contributed by atoms with Crippen LogP contribution in [0.2, 0.25) is 0 Å². The molecule has 0 bridgehead atoms. The van der Waals surface area contributed by atoms with Gasteiger partial charge in [-0.3, -0.25) is 4.79 Å². The molecule has 0 spiro atoms. The van der Waals surface area contributed by atoms with Crippen LogP contribution >= 0.6 is 0 Å². The molecular formula is C22H32N2O3. The van der Waals surface area contributed by atoms with Crippen molar-refractivity contribution >= 4 is 5.91 Å². The minimum atomic E-state index is -0.0627. The lowest BCUT2D eigenvalue weighted by molar-refractivity contribution is 0.0748. The number of benzene rings is 1. The van der Waals surface area contributed by atoms with E-state index >= 15 is 0 Å². The van der Waals surface area contributed by atoms with Gasteiger partial charge in [-0.1, -0.05) is 12.8 Å². The molecule has 2 saturated carbocycles. The van der Waals surface area contributed by atoms with Gasteiger partial charge in [-0.2, -0.15) is 0 Å². The molecular weight excluding hydrogens is 340 g/mol. The van der Waals surface area contributed by atoms with Crippen LogP contribution in [0.1, 0.15) is 68.6 Å². The van der Waals surface area contributed by atoms with Crippen LogP contribution in [0.15, 0.2) is 18.2 Å². The quantitative estimate of drug-likeness (QED) is 0.826. The zero-order chi connectivity index (χ0) is 18.9. The fourth-order valence-electron chi connectivity index (χ4n) is 4.38. The summed E-state index contributed by atoms with van der Waals surface area (Å²) in [6.45, 7) is 4.29. The standard InChI is InChI=1S/C22H32N2O3/c1-22(11-12-22)23-21(25)19-15-18(26-2)7-8-20(19)27-17-9-13-24(14-10-17)16-5-3-4-6-16/h7-8,15-17H,3-6,9-14H2,1-2H3,(H,23,25). The summed E-state index contributed by atoms with van der Waals surface area (Å²) >= 11 is 0. The van der Waals surface area contributed by atoms with Crippen LogP contribution in [-0.4, -0.2) is 48.7 Å². The van der Waals surface area contributed by atoms with Gasteiger partial charge in [-0.15, -0.1) is 0 Å². The van der Waals surface area contributed by atoms with Crippen molar-refractivity contribution in [3.05, 3.63) is 23.8 Å². The van der Waals surface area contributed by atoms with Gasteiger partial charge in [-0.05, 0) is 63.6 Å². The van der Waals surface area contributed by atoms with Crippen LogP contribution in [0.5, 0.6) is 11.5 Å². The first-order valence-corrected chi connectivity index (χ1v) is 10.5. The Morgan fingerprint density at radius 1 is 1.15 bits per heavy atom.